The molecule has 41 heavy (non-hydrogen) atoms. The van der Waals surface area contributed by atoms with Crippen molar-refractivity contribution in [3.63, 3.8) is 0 Å². The Bertz CT molecular complexity index is 1520. The molecule has 1 aromatic carbocycles. The maximum Gasteiger partial charge on any atom is 0.311 e. The third-order valence-electron chi connectivity index (χ3n) is 7.91. The molecule has 0 aliphatic carbocycles. The van der Waals surface area contributed by atoms with Crippen LogP contribution in [0.1, 0.15) is 85.8 Å². The number of nitrogens with zero attached hydrogens (tertiary/aromatic N) is 3. The van der Waals surface area contributed by atoms with Crippen LogP contribution in [-0.2, 0) is 16.2 Å². The first-order valence-electron chi connectivity index (χ1n) is 13.6. The van der Waals surface area contributed by atoms with Crippen molar-refractivity contribution >= 4 is 23.5 Å². The molecular formula is C29H32F2N4O6. The fourth-order valence-electron chi connectivity index (χ4n) is 5.79. The van der Waals surface area contributed by atoms with Crippen LogP contribution in [-0.4, -0.2) is 51.2 Å². The van der Waals surface area contributed by atoms with Gasteiger partial charge in [-0.05, 0) is 38.7 Å². The second kappa shape index (κ2) is 10.7. The van der Waals surface area contributed by atoms with Gasteiger partial charge in [0.1, 0.15) is 17.2 Å². The van der Waals surface area contributed by atoms with Crippen LogP contribution in [0.2, 0.25) is 0 Å². The van der Waals surface area contributed by atoms with Crippen LogP contribution in [0.5, 0.6) is 5.75 Å². The predicted octanol–water partition coefficient (Wildman–Crippen LogP) is 3.72. The van der Waals surface area contributed by atoms with Gasteiger partial charge in [0.25, 0.3) is 11.8 Å². The van der Waals surface area contributed by atoms with Crippen LogP contribution in [0.3, 0.4) is 0 Å². The van der Waals surface area contributed by atoms with E-state index in [0.717, 1.165) is 11.8 Å². The molecule has 1 fully saturated rings. The number of carbonyl (C=O) groups excluding carboxylic acids is 3. The number of ether oxygens (including phenoxy) is 1. The Morgan fingerprint density at radius 2 is 2.02 bits per heavy atom. The van der Waals surface area contributed by atoms with Crippen molar-refractivity contribution in [2.24, 2.45) is 11.1 Å². The molecule has 10 nitrogen and oxygen atoms in total. The monoisotopic (exact) mass is 570 g/mol. The van der Waals surface area contributed by atoms with E-state index in [2.05, 4.69) is 10.5 Å². The van der Waals surface area contributed by atoms with Gasteiger partial charge in [-0.15, -0.1) is 0 Å². The summed E-state index contributed by atoms with van der Waals surface area (Å²) < 4.78 is 34.6. The molecule has 4 heterocycles. The highest BCUT2D eigenvalue weighted by Crippen LogP contribution is 2.46. The van der Waals surface area contributed by atoms with Crippen LogP contribution >= 0.6 is 0 Å². The van der Waals surface area contributed by atoms with Gasteiger partial charge in [0.05, 0.1) is 11.8 Å². The number of halogens is 2. The molecule has 2 aromatic rings. The Morgan fingerprint density at radius 3 is 2.68 bits per heavy atom. The predicted molar refractivity (Wildman–Crippen MR) is 144 cm³/mol. The lowest BCUT2D eigenvalue weighted by molar-refractivity contribution is -0.135. The summed E-state index contributed by atoms with van der Waals surface area (Å²) in [6, 6.07) is 2.20. The molecule has 1 spiro atoms. The van der Waals surface area contributed by atoms with E-state index in [-0.39, 0.29) is 42.7 Å². The summed E-state index contributed by atoms with van der Waals surface area (Å²) in [5.74, 6) is -4.33. The number of rotatable bonds is 6. The maximum absolute atomic E-state index is 14.2. The average molecular weight is 571 g/mol. The van der Waals surface area contributed by atoms with Gasteiger partial charge in [-0.25, -0.2) is 8.78 Å². The summed E-state index contributed by atoms with van der Waals surface area (Å²) in [5, 5.41) is 6.67. The molecule has 2 amide bonds. The number of carbonyl (C=O) groups is 3. The van der Waals surface area contributed by atoms with E-state index in [1.807, 2.05) is 13.8 Å². The molecule has 1 N–H and O–H groups in total. The molecule has 3 aliphatic rings. The maximum atomic E-state index is 14.2. The van der Waals surface area contributed by atoms with Crippen molar-refractivity contribution in [3.8, 4) is 5.75 Å². The molecule has 2 bridgehead atoms. The minimum absolute atomic E-state index is 0.0101. The fraction of sp³-hybridized carbons (Fsp3) is 0.483. The van der Waals surface area contributed by atoms with E-state index < -0.39 is 57.8 Å². The zero-order valence-corrected chi connectivity index (χ0v) is 23.3. The zero-order valence-electron chi connectivity index (χ0n) is 23.3. The number of hydrogen-bond acceptors (Lipinski definition) is 7. The standard InChI is InChI=1S/C29H32F2N4O6/c1-15(2)9-23(36)40-26-24-28(39)34-14-22(29(8-7-17(34)4)11-16(3)33-41-29)35(24)13-20(25(26)37)27(38)32-12-18-5-6-19(30)10-21(18)31/h5-6,10,13,15,17,22H,7-9,11-12,14H2,1-4H3,(H,32,38)/t17-,22+,29-/m0/s1. The molecule has 0 unspecified atom stereocenters. The average Bonchev–Trinajstić information content (AvgIpc) is 3.23. The molecule has 3 aliphatic heterocycles. The van der Waals surface area contributed by atoms with Crippen LogP contribution in [0, 0.1) is 17.6 Å². The Morgan fingerprint density at radius 1 is 1.27 bits per heavy atom. The Labute approximate surface area is 235 Å². The normalized spacial score (nSPS) is 23.1. The smallest absolute Gasteiger partial charge is 0.311 e. The highest BCUT2D eigenvalue weighted by Gasteiger charge is 2.54. The summed E-state index contributed by atoms with van der Waals surface area (Å²) >= 11 is 0. The summed E-state index contributed by atoms with van der Waals surface area (Å²) in [7, 11) is 0. The first-order chi connectivity index (χ1) is 19.4. The summed E-state index contributed by atoms with van der Waals surface area (Å²) in [5.41, 5.74) is -1.54. The molecule has 218 valence electrons. The van der Waals surface area contributed by atoms with E-state index in [1.54, 1.807) is 18.7 Å². The zero-order chi connectivity index (χ0) is 29.6. The first kappa shape index (κ1) is 28.4. The number of benzene rings is 1. The molecule has 1 aromatic heterocycles. The fourth-order valence-corrected chi connectivity index (χ4v) is 5.79. The van der Waals surface area contributed by atoms with Gasteiger partial charge in [0.2, 0.25) is 11.2 Å². The molecule has 0 radical (unpaired) electrons. The van der Waals surface area contributed by atoms with E-state index in [4.69, 9.17) is 9.57 Å². The van der Waals surface area contributed by atoms with E-state index in [0.29, 0.717) is 25.3 Å². The molecule has 5 rings (SSSR count). The summed E-state index contributed by atoms with van der Waals surface area (Å²) in [4.78, 5) is 61.3. The number of fused-ring (bicyclic) bond motifs is 5. The summed E-state index contributed by atoms with van der Waals surface area (Å²) in [6.45, 7) is 7.26. The number of nitrogens with one attached hydrogen (secondary N) is 1. The van der Waals surface area contributed by atoms with Crippen LogP contribution in [0.15, 0.2) is 34.3 Å². The van der Waals surface area contributed by atoms with Crippen molar-refractivity contribution in [2.45, 2.75) is 77.6 Å². The number of aromatic nitrogens is 1. The molecule has 3 atom stereocenters. The van der Waals surface area contributed by atoms with Crippen molar-refractivity contribution in [1.82, 2.24) is 14.8 Å². The van der Waals surface area contributed by atoms with Crippen LogP contribution in [0.4, 0.5) is 8.78 Å². The van der Waals surface area contributed by atoms with Crippen LogP contribution in [0.25, 0.3) is 0 Å². The van der Waals surface area contributed by atoms with Crippen molar-refractivity contribution in [3.05, 3.63) is 63.1 Å². The number of hydrogen-bond donors (Lipinski definition) is 1. The van der Waals surface area contributed by atoms with Crippen molar-refractivity contribution < 1.29 is 32.7 Å². The lowest BCUT2D eigenvalue weighted by atomic mass is 9.84. The van der Waals surface area contributed by atoms with Gasteiger partial charge in [-0.2, -0.15) is 0 Å². The molecular weight excluding hydrogens is 538 g/mol. The Kier molecular flexibility index (Phi) is 7.43. The Balaban J connectivity index is 1.62. The highest BCUT2D eigenvalue weighted by molar-refractivity contribution is 6.00. The van der Waals surface area contributed by atoms with E-state index in [1.165, 1.54) is 16.8 Å². The minimum atomic E-state index is -0.944. The van der Waals surface area contributed by atoms with Crippen molar-refractivity contribution in [2.75, 3.05) is 6.54 Å². The lowest BCUT2D eigenvalue weighted by Gasteiger charge is -2.42. The van der Waals surface area contributed by atoms with Gasteiger partial charge in [0.15, 0.2) is 11.3 Å². The summed E-state index contributed by atoms with van der Waals surface area (Å²) in [6.07, 6.45) is 2.91. The Hall–Kier alpha value is -4.09. The van der Waals surface area contributed by atoms with Crippen LogP contribution < -0.4 is 15.5 Å². The van der Waals surface area contributed by atoms with Gasteiger partial charge in [0, 0.05) is 49.8 Å². The lowest BCUT2D eigenvalue weighted by Crippen LogP contribution is -2.52. The number of esters is 1. The SMILES string of the molecule is CC1=NO[C@@]2(CC[C@H](C)N3C[C@H]2n2cc(C(=O)NCc4ccc(F)cc4F)c(=O)c(OC(=O)CC(C)C)c2C3=O)C1. The second-order valence-electron chi connectivity index (χ2n) is 11.5. The third kappa shape index (κ3) is 5.22. The largest absolute Gasteiger partial charge is 0.420 e. The van der Waals surface area contributed by atoms with Gasteiger partial charge in [-0.1, -0.05) is 25.1 Å². The first-order valence-corrected chi connectivity index (χ1v) is 13.6. The van der Waals surface area contributed by atoms with E-state index in [9.17, 15) is 28.0 Å². The molecule has 0 saturated carbocycles. The van der Waals surface area contributed by atoms with Gasteiger partial charge in [-0.3, -0.25) is 19.2 Å². The van der Waals surface area contributed by atoms with Gasteiger partial charge < -0.3 is 24.4 Å². The third-order valence-corrected chi connectivity index (χ3v) is 7.91. The highest BCUT2D eigenvalue weighted by atomic mass is 19.1. The quantitative estimate of drug-likeness (QED) is 0.529. The molecule has 12 heteroatoms. The van der Waals surface area contributed by atoms with Crippen molar-refractivity contribution in [1.29, 1.82) is 0 Å². The number of pyridine rings is 1. The second-order valence-corrected chi connectivity index (χ2v) is 11.5. The number of oxime groups is 1. The minimum Gasteiger partial charge on any atom is -0.420 e. The molecule has 1 saturated heterocycles. The van der Waals surface area contributed by atoms with E-state index >= 15 is 0 Å². The number of amides is 2. The topological polar surface area (TPSA) is 119 Å². The van der Waals surface area contributed by atoms with Gasteiger partial charge >= 0.3 is 5.97 Å².